The first-order valence-corrected chi connectivity index (χ1v) is 5.75. The smallest absolute Gasteiger partial charge is 0.320 e. The van der Waals surface area contributed by atoms with Gasteiger partial charge in [-0.1, -0.05) is 18.2 Å². The van der Waals surface area contributed by atoms with Crippen LogP contribution in [0.4, 0.5) is 0 Å². The second-order valence-corrected chi connectivity index (χ2v) is 4.51. The van der Waals surface area contributed by atoms with E-state index in [1.165, 1.54) is 5.56 Å². The van der Waals surface area contributed by atoms with Gasteiger partial charge in [0.15, 0.2) is 0 Å². The van der Waals surface area contributed by atoms with Crippen molar-refractivity contribution in [2.24, 2.45) is 0 Å². The zero-order valence-corrected chi connectivity index (χ0v) is 10.1. The molecule has 1 aliphatic heterocycles. The maximum atomic E-state index is 10.9. The van der Waals surface area contributed by atoms with Crippen LogP contribution in [0.15, 0.2) is 24.3 Å². The Labute approximate surface area is 101 Å². The van der Waals surface area contributed by atoms with E-state index in [9.17, 15) is 4.79 Å². The Morgan fingerprint density at radius 1 is 1.59 bits per heavy atom. The fraction of sp³-hybridized carbons (Fsp3) is 0.462. The highest BCUT2D eigenvalue weighted by Gasteiger charge is 2.26. The summed E-state index contributed by atoms with van der Waals surface area (Å²) in [6.45, 7) is 2.31. The summed E-state index contributed by atoms with van der Waals surface area (Å²) in [4.78, 5) is 12.7. The highest BCUT2D eigenvalue weighted by Crippen LogP contribution is 2.28. The van der Waals surface area contributed by atoms with Gasteiger partial charge in [-0.2, -0.15) is 0 Å². The monoisotopic (exact) mass is 235 g/mol. The molecule has 0 radical (unpaired) electrons. The minimum Gasteiger partial charge on any atom is -0.488 e. The molecule has 0 bridgehead atoms. The van der Waals surface area contributed by atoms with Crippen molar-refractivity contribution in [2.45, 2.75) is 25.5 Å². The highest BCUT2D eigenvalue weighted by molar-refractivity contribution is 5.72. The van der Waals surface area contributed by atoms with Gasteiger partial charge in [0.05, 0.1) is 0 Å². The maximum absolute atomic E-state index is 10.9. The van der Waals surface area contributed by atoms with Crippen LogP contribution < -0.4 is 4.74 Å². The van der Waals surface area contributed by atoms with Crippen molar-refractivity contribution in [3.05, 3.63) is 29.8 Å². The van der Waals surface area contributed by atoms with Crippen LogP contribution in [-0.4, -0.2) is 41.7 Å². The summed E-state index contributed by atoms with van der Waals surface area (Å²) in [7, 11) is 1.81. The summed E-state index contributed by atoms with van der Waals surface area (Å²) in [6, 6.07) is 7.47. The number of nitrogens with zero attached hydrogens (tertiary/aromatic N) is 1. The number of carboxylic acid groups (broad SMARTS) is 1. The van der Waals surface area contributed by atoms with E-state index < -0.39 is 12.0 Å². The van der Waals surface area contributed by atoms with Crippen LogP contribution in [0.1, 0.15) is 12.5 Å². The standard InChI is InChI=1S/C13H17NO3/c1-9(13(15)16)14(2)8-11-7-10-5-3-4-6-12(10)17-11/h3-6,9,11H,7-8H2,1-2H3,(H,15,16). The Morgan fingerprint density at radius 2 is 2.29 bits per heavy atom. The first kappa shape index (κ1) is 11.9. The van der Waals surface area contributed by atoms with Gasteiger partial charge in [-0.05, 0) is 25.6 Å². The average molecular weight is 235 g/mol. The lowest BCUT2D eigenvalue weighted by Crippen LogP contribution is -2.41. The molecule has 1 N–H and O–H groups in total. The van der Waals surface area contributed by atoms with Crippen molar-refractivity contribution in [1.82, 2.24) is 4.90 Å². The second-order valence-electron chi connectivity index (χ2n) is 4.51. The number of rotatable bonds is 4. The van der Waals surface area contributed by atoms with Crippen LogP contribution in [0.25, 0.3) is 0 Å². The van der Waals surface area contributed by atoms with Gasteiger partial charge in [0.25, 0.3) is 0 Å². The first-order valence-electron chi connectivity index (χ1n) is 5.75. The molecule has 1 aliphatic rings. The van der Waals surface area contributed by atoms with Gasteiger partial charge in [0.2, 0.25) is 0 Å². The third kappa shape index (κ3) is 2.58. The lowest BCUT2D eigenvalue weighted by Gasteiger charge is -2.24. The van der Waals surface area contributed by atoms with Crippen molar-refractivity contribution < 1.29 is 14.6 Å². The number of hydrogen-bond acceptors (Lipinski definition) is 3. The summed E-state index contributed by atoms with van der Waals surface area (Å²) >= 11 is 0. The van der Waals surface area contributed by atoms with Gasteiger partial charge in [-0.3, -0.25) is 9.69 Å². The van der Waals surface area contributed by atoms with Gasteiger partial charge in [0.1, 0.15) is 17.9 Å². The largest absolute Gasteiger partial charge is 0.488 e. The third-order valence-electron chi connectivity index (χ3n) is 3.22. The zero-order valence-electron chi connectivity index (χ0n) is 10.1. The number of hydrogen-bond donors (Lipinski definition) is 1. The Kier molecular flexibility index (Phi) is 3.33. The fourth-order valence-corrected chi connectivity index (χ4v) is 2.02. The molecular formula is C13H17NO3. The van der Waals surface area contributed by atoms with E-state index in [2.05, 4.69) is 6.07 Å². The fourth-order valence-electron chi connectivity index (χ4n) is 2.02. The van der Waals surface area contributed by atoms with Crippen LogP contribution in [0.5, 0.6) is 5.75 Å². The molecule has 4 nitrogen and oxygen atoms in total. The molecule has 0 spiro atoms. The second kappa shape index (κ2) is 4.75. The Hall–Kier alpha value is -1.55. The molecule has 0 saturated heterocycles. The molecular weight excluding hydrogens is 218 g/mol. The summed E-state index contributed by atoms with van der Waals surface area (Å²) < 4.78 is 5.77. The predicted molar refractivity (Wildman–Crippen MR) is 64.3 cm³/mol. The van der Waals surface area contributed by atoms with Crippen LogP contribution >= 0.6 is 0 Å². The van der Waals surface area contributed by atoms with Gasteiger partial charge in [0, 0.05) is 13.0 Å². The van der Waals surface area contributed by atoms with E-state index >= 15 is 0 Å². The van der Waals surface area contributed by atoms with Crippen LogP contribution in [-0.2, 0) is 11.2 Å². The summed E-state index contributed by atoms with van der Waals surface area (Å²) in [5.74, 6) is 0.122. The van der Waals surface area contributed by atoms with Crippen molar-refractivity contribution in [2.75, 3.05) is 13.6 Å². The number of carbonyl (C=O) groups is 1. The number of aliphatic carboxylic acids is 1. The number of ether oxygens (including phenoxy) is 1. The molecule has 1 heterocycles. The quantitative estimate of drug-likeness (QED) is 0.857. The molecule has 0 saturated carbocycles. The SMILES string of the molecule is CC(C(=O)O)N(C)CC1Cc2ccccc2O1. The molecule has 1 aromatic rings. The van der Waals surface area contributed by atoms with E-state index in [0.717, 1.165) is 12.2 Å². The number of carboxylic acids is 1. The average Bonchev–Trinajstić information content (AvgIpc) is 2.69. The molecule has 0 fully saturated rings. The first-order chi connectivity index (χ1) is 8.08. The van der Waals surface area contributed by atoms with Crippen LogP contribution in [0.3, 0.4) is 0 Å². The van der Waals surface area contributed by atoms with Gasteiger partial charge < -0.3 is 9.84 Å². The predicted octanol–water partition coefficient (Wildman–Crippen LogP) is 1.39. The van der Waals surface area contributed by atoms with E-state index in [-0.39, 0.29) is 6.10 Å². The zero-order chi connectivity index (χ0) is 12.4. The van der Waals surface area contributed by atoms with Gasteiger partial charge >= 0.3 is 5.97 Å². The van der Waals surface area contributed by atoms with Crippen LogP contribution in [0, 0.1) is 0 Å². The van der Waals surface area contributed by atoms with Crippen molar-refractivity contribution >= 4 is 5.97 Å². The maximum Gasteiger partial charge on any atom is 0.320 e. The summed E-state index contributed by atoms with van der Waals surface area (Å²) in [5, 5.41) is 8.92. The molecule has 0 amide bonds. The summed E-state index contributed by atoms with van der Waals surface area (Å²) in [5.41, 5.74) is 1.20. The Balaban J connectivity index is 1.94. The third-order valence-corrected chi connectivity index (χ3v) is 3.22. The lowest BCUT2D eigenvalue weighted by molar-refractivity contribution is -0.142. The topological polar surface area (TPSA) is 49.8 Å². The van der Waals surface area contributed by atoms with Gasteiger partial charge in [-0.25, -0.2) is 0 Å². The summed E-state index contributed by atoms with van der Waals surface area (Å²) in [6.07, 6.45) is 0.909. The van der Waals surface area contributed by atoms with E-state index in [4.69, 9.17) is 9.84 Å². The molecule has 2 rings (SSSR count). The number of para-hydroxylation sites is 1. The van der Waals surface area contributed by atoms with E-state index in [1.54, 1.807) is 11.8 Å². The lowest BCUT2D eigenvalue weighted by atomic mass is 10.1. The Morgan fingerprint density at radius 3 is 2.94 bits per heavy atom. The Bertz CT molecular complexity index is 394. The van der Waals surface area contributed by atoms with Crippen molar-refractivity contribution in [1.29, 1.82) is 0 Å². The number of benzene rings is 1. The molecule has 4 heteroatoms. The molecule has 0 aliphatic carbocycles. The van der Waals surface area contributed by atoms with E-state index in [0.29, 0.717) is 6.54 Å². The normalized spacial score (nSPS) is 19.8. The van der Waals surface area contributed by atoms with Crippen molar-refractivity contribution in [3.8, 4) is 5.75 Å². The molecule has 2 atom stereocenters. The number of fused-ring (bicyclic) bond motifs is 1. The highest BCUT2D eigenvalue weighted by atomic mass is 16.5. The molecule has 1 aromatic carbocycles. The molecule has 17 heavy (non-hydrogen) atoms. The van der Waals surface area contributed by atoms with Crippen LogP contribution in [0.2, 0.25) is 0 Å². The minimum atomic E-state index is -0.803. The molecule has 92 valence electrons. The number of likely N-dealkylation sites (N-methyl/N-ethyl adjacent to an activating group) is 1. The molecule has 2 unspecified atom stereocenters. The van der Waals surface area contributed by atoms with E-state index in [1.807, 2.05) is 25.2 Å². The van der Waals surface area contributed by atoms with Gasteiger partial charge in [-0.15, -0.1) is 0 Å². The molecule has 0 aromatic heterocycles. The van der Waals surface area contributed by atoms with Crippen molar-refractivity contribution in [3.63, 3.8) is 0 Å². The minimum absolute atomic E-state index is 0.0548.